The first-order valence-electron chi connectivity index (χ1n) is 7.59. The summed E-state index contributed by atoms with van der Waals surface area (Å²) in [6.07, 6.45) is 7.79. The van der Waals surface area contributed by atoms with E-state index in [2.05, 4.69) is 43.0 Å². The van der Waals surface area contributed by atoms with Crippen molar-refractivity contribution in [3.8, 4) is 0 Å². The van der Waals surface area contributed by atoms with E-state index in [1.165, 1.54) is 42.6 Å². The molecule has 1 aliphatic rings. The summed E-state index contributed by atoms with van der Waals surface area (Å²) in [6, 6.07) is 3.05. The zero-order chi connectivity index (χ0) is 13.8. The minimum Gasteiger partial charge on any atom is -0.349 e. The van der Waals surface area contributed by atoms with E-state index < -0.39 is 0 Å². The molecule has 0 aromatic carbocycles. The lowest BCUT2D eigenvalue weighted by atomic mass is 9.94. The van der Waals surface area contributed by atoms with Gasteiger partial charge in [-0.2, -0.15) is 11.8 Å². The summed E-state index contributed by atoms with van der Waals surface area (Å²) in [5.74, 6) is 0. The Morgan fingerprint density at radius 1 is 1.32 bits per heavy atom. The molecule has 1 aromatic rings. The summed E-state index contributed by atoms with van der Waals surface area (Å²) in [5, 5.41) is 4.62. The second kappa shape index (κ2) is 6.85. The maximum Gasteiger partial charge on any atom is 0.0226 e. The lowest BCUT2D eigenvalue weighted by Crippen LogP contribution is -2.40. The van der Waals surface area contributed by atoms with Crippen molar-refractivity contribution in [1.82, 2.24) is 9.88 Å². The standard InChI is InChI=1S/C16H28N2S/c1-5-18-12(2)10-14(13(18)3)11-17-15-8-6-7-9-16(15)19-4/h10,15-17H,5-9,11H2,1-4H3. The van der Waals surface area contributed by atoms with Crippen LogP contribution in [-0.4, -0.2) is 22.1 Å². The largest absolute Gasteiger partial charge is 0.349 e. The van der Waals surface area contributed by atoms with Crippen LogP contribution in [0.4, 0.5) is 0 Å². The molecular formula is C16H28N2S. The van der Waals surface area contributed by atoms with Gasteiger partial charge in [0.2, 0.25) is 0 Å². The van der Waals surface area contributed by atoms with E-state index in [1.807, 2.05) is 11.8 Å². The first-order valence-corrected chi connectivity index (χ1v) is 8.88. The minimum absolute atomic E-state index is 0.702. The Bertz CT molecular complexity index is 411. The predicted octanol–water partition coefficient (Wildman–Crippen LogP) is 3.89. The molecule has 2 rings (SSSR count). The number of nitrogens with one attached hydrogen (secondary N) is 1. The minimum atomic E-state index is 0.702. The van der Waals surface area contributed by atoms with Crippen molar-refractivity contribution in [1.29, 1.82) is 0 Å². The third-order valence-corrected chi connectivity index (χ3v) is 5.72. The van der Waals surface area contributed by atoms with Crippen molar-refractivity contribution in [2.24, 2.45) is 0 Å². The lowest BCUT2D eigenvalue weighted by Gasteiger charge is -2.31. The number of aromatic nitrogens is 1. The summed E-state index contributed by atoms with van der Waals surface area (Å²) < 4.78 is 2.41. The van der Waals surface area contributed by atoms with E-state index in [0.29, 0.717) is 6.04 Å². The molecular weight excluding hydrogens is 252 g/mol. The molecule has 1 aliphatic carbocycles. The Hall–Kier alpha value is -0.410. The molecule has 1 fully saturated rings. The summed E-state index contributed by atoms with van der Waals surface area (Å²) in [7, 11) is 0. The van der Waals surface area contributed by atoms with E-state index in [9.17, 15) is 0 Å². The second-order valence-electron chi connectivity index (χ2n) is 5.69. The Labute approximate surface area is 122 Å². The summed E-state index contributed by atoms with van der Waals surface area (Å²) in [5.41, 5.74) is 4.30. The van der Waals surface area contributed by atoms with E-state index in [1.54, 1.807) is 0 Å². The molecule has 0 aliphatic heterocycles. The summed E-state index contributed by atoms with van der Waals surface area (Å²) in [4.78, 5) is 0. The number of aryl methyl sites for hydroxylation is 1. The molecule has 0 spiro atoms. The van der Waals surface area contributed by atoms with Gasteiger partial charge in [-0.05, 0) is 51.5 Å². The number of nitrogens with zero attached hydrogens (tertiary/aromatic N) is 1. The lowest BCUT2D eigenvalue weighted by molar-refractivity contribution is 0.383. The second-order valence-corrected chi connectivity index (χ2v) is 6.76. The molecule has 0 bridgehead atoms. The van der Waals surface area contributed by atoms with Gasteiger partial charge in [-0.1, -0.05) is 12.8 Å². The normalized spacial score (nSPS) is 23.8. The number of thioether (sulfide) groups is 1. The number of rotatable bonds is 5. The van der Waals surface area contributed by atoms with Gasteiger partial charge in [0.1, 0.15) is 0 Å². The average molecular weight is 280 g/mol. The molecule has 3 heteroatoms. The molecule has 0 saturated heterocycles. The molecule has 2 nitrogen and oxygen atoms in total. The Balaban J connectivity index is 1.98. The number of hydrogen-bond donors (Lipinski definition) is 1. The van der Waals surface area contributed by atoms with Gasteiger partial charge in [-0.25, -0.2) is 0 Å². The van der Waals surface area contributed by atoms with Gasteiger partial charge >= 0.3 is 0 Å². The quantitative estimate of drug-likeness (QED) is 0.881. The monoisotopic (exact) mass is 280 g/mol. The van der Waals surface area contributed by atoms with Crippen molar-refractivity contribution in [2.45, 2.75) is 70.8 Å². The number of hydrogen-bond acceptors (Lipinski definition) is 2. The summed E-state index contributed by atoms with van der Waals surface area (Å²) in [6.45, 7) is 8.80. The highest BCUT2D eigenvalue weighted by Crippen LogP contribution is 2.27. The Morgan fingerprint density at radius 3 is 2.68 bits per heavy atom. The molecule has 1 saturated carbocycles. The van der Waals surface area contributed by atoms with Gasteiger partial charge in [0, 0.05) is 35.8 Å². The third-order valence-electron chi connectivity index (χ3n) is 4.55. The van der Waals surface area contributed by atoms with Crippen molar-refractivity contribution in [2.75, 3.05) is 6.26 Å². The van der Waals surface area contributed by atoms with E-state index in [4.69, 9.17) is 0 Å². The van der Waals surface area contributed by atoms with Crippen LogP contribution in [0.15, 0.2) is 6.07 Å². The summed E-state index contributed by atoms with van der Waals surface area (Å²) >= 11 is 2.04. The van der Waals surface area contributed by atoms with Gasteiger partial charge in [0.05, 0.1) is 0 Å². The molecule has 0 radical (unpaired) electrons. The smallest absolute Gasteiger partial charge is 0.0226 e. The maximum atomic E-state index is 3.81. The third kappa shape index (κ3) is 3.38. The highest BCUT2D eigenvalue weighted by Gasteiger charge is 2.24. The first kappa shape index (κ1) is 15.0. The molecule has 0 amide bonds. The molecule has 1 aromatic heterocycles. The highest BCUT2D eigenvalue weighted by molar-refractivity contribution is 7.99. The first-order chi connectivity index (χ1) is 9.17. The van der Waals surface area contributed by atoms with Crippen LogP contribution in [0.3, 0.4) is 0 Å². The zero-order valence-corrected chi connectivity index (χ0v) is 13.6. The Morgan fingerprint density at radius 2 is 2.05 bits per heavy atom. The van der Waals surface area contributed by atoms with Crippen LogP contribution in [-0.2, 0) is 13.1 Å². The van der Waals surface area contributed by atoms with Crippen LogP contribution in [0.25, 0.3) is 0 Å². The van der Waals surface area contributed by atoms with Crippen LogP contribution in [0, 0.1) is 13.8 Å². The maximum absolute atomic E-state index is 3.81. The molecule has 19 heavy (non-hydrogen) atoms. The molecule has 2 atom stereocenters. The van der Waals surface area contributed by atoms with Crippen LogP contribution in [0.1, 0.15) is 49.6 Å². The van der Waals surface area contributed by atoms with Crippen molar-refractivity contribution >= 4 is 11.8 Å². The molecule has 108 valence electrons. The van der Waals surface area contributed by atoms with Gasteiger partial charge in [0.15, 0.2) is 0 Å². The van der Waals surface area contributed by atoms with E-state index in [-0.39, 0.29) is 0 Å². The highest BCUT2D eigenvalue weighted by atomic mass is 32.2. The van der Waals surface area contributed by atoms with Crippen LogP contribution in [0.2, 0.25) is 0 Å². The van der Waals surface area contributed by atoms with Crippen molar-refractivity contribution in [3.05, 3.63) is 23.0 Å². The topological polar surface area (TPSA) is 17.0 Å². The molecule has 1 N–H and O–H groups in total. The van der Waals surface area contributed by atoms with Gasteiger partial charge < -0.3 is 9.88 Å². The fourth-order valence-corrected chi connectivity index (χ4v) is 4.35. The van der Waals surface area contributed by atoms with Crippen LogP contribution < -0.4 is 5.32 Å². The van der Waals surface area contributed by atoms with Gasteiger partial charge in [-0.3, -0.25) is 0 Å². The zero-order valence-electron chi connectivity index (χ0n) is 12.8. The van der Waals surface area contributed by atoms with E-state index in [0.717, 1.165) is 18.3 Å². The fraction of sp³-hybridized carbons (Fsp3) is 0.750. The van der Waals surface area contributed by atoms with Crippen LogP contribution >= 0.6 is 11.8 Å². The SMILES string of the molecule is CCn1c(C)cc(CNC2CCCCC2SC)c1C. The van der Waals surface area contributed by atoms with Crippen molar-refractivity contribution in [3.63, 3.8) is 0 Å². The molecule has 1 heterocycles. The van der Waals surface area contributed by atoms with Crippen LogP contribution in [0.5, 0.6) is 0 Å². The van der Waals surface area contributed by atoms with Gasteiger partial charge in [0.25, 0.3) is 0 Å². The Kier molecular flexibility index (Phi) is 5.40. The fourth-order valence-electron chi connectivity index (χ4n) is 3.39. The average Bonchev–Trinajstić information content (AvgIpc) is 2.71. The van der Waals surface area contributed by atoms with Crippen molar-refractivity contribution < 1.29 is 0 Å². The van der Waals surface area contributed by atoms with E-state index >= 15 is 0 Å². The predicted molar refractivity (Wildman–Crippen MR) is 86.0 cm³/mol. The van der Waals surface area contributed by atoms with Gasteiger partial charge in [-0.15, -0.1) is 0 Å². The molecule has 2 unspecified atom stereocenters.